The van der Waals surface area contributed by atoms with Gasteiger partial charge in [0.25, 0.3) is 0 Å². The van der Waals surface area contributed by atoms with Gasteiger partial charge in [-0.2, -0.15) is 0 Å². The van der Waals surface area contributed by atoms with Crippen LogP contribution in [0.3, 0.4) is 0 Å². The van der Waals surface area contributed by atoms with Gasteiger partial charge in [-0.1, -0.05) is 25.3 Å². The number of esters is 1. The molecular weight excluding hydrogens is 394 g/mol. The predicted octanol–water partition coefficient (Wildman–Crippen LogP) is 5.71. The van der Waals surface area contributed by atoms with Crippen LogP contribution < -0.4 is 5.32 Å². The molecule has 1 aliphatic carbocycles. The van der Waals surface area contributed by atoms with E-state index in [1.165, 1.54) is 25.3 Å². The molecule has 5 heteroatoms. The number of benzene rings is 1. The lowest BCUT2D eigenvalue weighted by molar-refractivity contribution is -0.148. The second kappa shape index (κ2) is 9.36. The molecule has 1 aromatic carbocycles. The third-order valence-electron chi connectivity index (χ3n) is 4.28. The molecule has 0 saturated heterocycles. The van der Waals surface area contributed by atoms with Gasteiger partial charge in [0.05, 0.1) is 5.69 Å². The molecule has 0 radical (unpaired) electrons. The van der Waals surface area contributed by atoms with Crippen LogP contribution in [0.4, 0.5) is 5.69 Å². The number of halogens is 1. The first-order valence-electron chi connectivity index (χ1n) is 9.23. The first-order valence-corrected chi connectivity index (χ1v) is 10.0. The molecule has 0 aromatic heterocycles. The Kier molecular flexibility index (Phi) is 7.44. The summed E-state index contributed by atoms with van der Waals surface area (Å²) >= 11 is 3.49. The Morgan fingerprint density at radius 2 is 1.92 bits per heavy atom. The standard InChI is InChI=1S/C21H28BrNO3/c1-21(2,3)26-20(25)12-10-16-9-11-18(17(22)13-16)23-19(24)14-15-7-5-4-6-8-15/h9-13,15H,4-8,14H2,1-3H3,(H,23,24)/b12-10+. The van der Waals surface area contributed by atoms with Crippen LogP contribution in [0, 0.1) is 5.92 Å². The van der Waals surface area contributed by atoms with Crippen molar-refractivity contribution in [3.05, 3.63) is 34.3 Å². The largest absolute Gasteiger partial charge is 0.457 e. The topological polar surface area (TPSA) is 55.4 Å². The van der Waals surface area contributed by atoms with Crippen LogP contribution in [0.1, 0.15) is 64.9 Å². The van der Waals surface area contributed by atoms with Crippen molar-refractivity contribution in [2.75, 3.05) is 5.32 Å². The third-order valence-corrected chi connectivity index (χ3v) is 4.94. The SMILES string of the molecule is CC(C)(C)OC(=O)/C=C/c1ccc(NC(=O)CC2CCCCC2)c(Br)c1. The van der Waals surface area contributed by atoms with E-state index in [2.05, 4.69) is 21.2 Å². The fourth-order valence-corrected chi connectivity index (χ4v) is 3.59. The van der Waals surface area contributed by atoms with Gasteiger partial charge in [0, 0.05) is 17.0 Å². The maximum absolute atomic E-state index is 12.3. The van der Waals surface area contributed by atoms with Gasteiger partial charge in [-0.3, -0.25) is 4.79 Å². The van der Waals surface area contributed by atoms with Crippen molar-refractivity contribution < 1.29 is 14.3 Å². The number of hydrogen-bond donors (Lipinski definition) is 1. The Bertz CT molecular complexity index is 670. The fraction of sp³-hybridized carbons (Fsp3) is 0.524. The predicted molar refractivity (Wildman–Crippen MR) is 109 cm³/mol. The number of ether oxygens (including phenoxy) is 1. The summed E-state index contributed by atoms with van der Waals surface area (Å²) in [5.74, 6) is 0.201. The summed E-state index contributed by atoms with van der Waals surface area (Å²) in [7, 11) is 0. The van der Waals surface area contributed by atoms with E-state index in [1.54, 1.807) is 6.08 Å². The minimum atomic E-state index is -0.505. The zero-order valence-electron chi connectivity index (χ0n) is 15.8. The fourth-order valence-electron chi connectivity index (χ4n) is 3.09. The average molecular weight is 422 g/mol. The van der Waals surface area contributed by atoms with E-state index in [1.807, 2.05) is 39.0 Å². The average Bonchev–Trinajstić information content (AvgIpc) is 2.54. The molecule has 0 heterocycles. The van der Waals surface area contributed by atoms with Gasteiger partial charge in [-0.25, -0.2) is 4.79 Å². The van der Waals surface area contributed by atoms with Crippen LogP contribution >= 0.6 is 15.9 Å². The number of amides is 1. The van der Waals surface area contributed by atoms with Gasteiger partial charge in [0.2, 0.25) is 5.91 Å². The molecule has 26 heavy (non-hydrogen) atoms. The molecule has 1 fully saturated rings. The van der Waals surface area contributed by atoms with E-state index in [4.69, 9.17) is 4.74 Å². The van der Waals surface area contributed by atoms with E-state index in [0.29, 0.717) is 12.3 Å². The first-order chi connectivity index (χ1) is 12.2. The summed E-state index contributed by atoms with van der Waals surface area (Å²) in [6.45, 7) is 5.50. The van der Waals surface area contributed by atoms with Crippen LogP contribution in [-0.2, 0) is 14.3 Å². The van der Waals surface area contributed by atoms with Crippen molar-refractivity contribution in [3.63, 3.8) is 0 Å². The maximum Gasteiger partial charge on any atom is 0.331 e. The second-order valence-corrected chi connectivity index (χ2v) is 8.72. The Morgan fingerprint density at radius 3 is 2.54 bits per heavy atom. The first kappa shape index (κ1) is 20.7. The number of carbonyl (C=O) groups is 2. The van der Waals surface area contributed by atoms with E-state index >= 15 is 0 Å². The van der Waals surface area contributed by atoms with Crippen LogP contribution in [-0.4, -0.2) is 17.5 Å². The lowest BCUT2D eigenvalue weighted by Crippen LogP contribution is -2.22. The molecule has 0 unspecified atom stereocenters. The van der Waals surface area contributed by atoms with E-state index in [-0.39, 0.29) is 11.9 Å². The summed E-state index contributed by atoms with van der Waals surface area (Å²) in [6, 6.07) is 5.58. The minimum Gasteiger partial charge on any atom is -0.457 e. The van der Waals surface area contributed by atoms with Gasteiger partial charge in [-0.15, -0.1) is 0 Å². The second-order valence-electron chi connectivity index (χ2n) is 7.86. The van der Waals surface area contributed by atoms with Gasteiger partial charge in [-0.05, 0) is 79.2 Å². The Labute approximate surface area is 164 Å². The third kappa shape index (κ3) is 7.32. The highest BCUT2D eigenvalue weighted by atomic mass is 79.9. The van der Waals surface area contributed by atoms with Crippen LogP contribution in [0.25, 0.3) is 6.08 Å². The van der Waals surface area contributed by atoms with Crippen molar-refractivity contribution in [2.45, 2.75) is 64.9 Å². The molecular formula is C21H28BrNO3. The van der Waals surface area contributed by atoms with Crippen molar-refractivity contribution in [3.8, 4) is 0 Å². The summed E-state index contributed by atoms with van der Waals surface area (Å²) in [5.41, 5.74) is 1.10. The zero-order chi connectivity index (χ0) is 19.2. The normalized spacial score (nSPS) is 15.8. The number of hydrogen-bond acceptors (Lipinski definition) is 3. The Hall–Kier alpha value is -1.62. The van der Waals surface area contributed by atoms with Crippen LogP contribution in [0.15, 0.2) is 28.7 Å². The van der Waals surface area contributed by atoms with Gasteiger partial charge < -0.3 is 10.1 Å². The molecule has 142 valence electrons. The van der Waals surface area contributed by atoms with Gasteiger partial charge in [0.1, 0.15) is 5.60 Å². The van der Waals surface area contributed by atoms with Gasteiger partial charge >= 0.3 is 5.97 Å². The summed E-state index contributed by atoms with van der Waals surface area (Å²) < 4.78 is 6.04. The number of nitrogens with one attached hydrogen (secondary N) is 1. The molecule has 1 N–H and O–H groups in total. The van der Waals surface area contributed by atoms with E-state index in [0.717, 1.165) is 28.6 Å². The van der Waals surface area contributed by atoms with Crippen LogP contribution in [0.2, 0.25) is 0 Å². The molecule has 0 spiro atoms. The van der Waals surface area contributed by atoms with Gasteiger partial charge in [0.15, 0.2) is 0 Å². The molecule has 4 nitrogen and oxygen atoms in total. The molecule has 1 aliphatic rings. The number of rotatable bonds is 5. The van der Waals surface area contributed by atoms with Crippen LogP contribution in [0.5, 0.6) is 0 Å². The quantitative estimate of drug-likeness (QED) is 0.488. The molecule has 1 saturated carbocycles. The molecule has 0 atom stereocenters. The molecule has 1 aromatic rings. The Balaban J connectivity index is 1.91. The van der Waals surface area contributed by atoms with Crippen molar-refractivity contribution in [1.82, 2.24) is 0 Å². The number of anilines is 1. The maximum atomic E-state index is 12.3. The van der Waals surface area contributed by atoms with Crippen molar-refractivity contribution >= 4 is 39.6 Å². The molecule has 1 amide bonds. The number of carbonyl (C=O) groups excluding carboxylic acids is 2. The van der Waals surface area contributed by atoms with Crippen molar-refractivity contribution in [2.24, 2.45) is 5.92 Å². The molecule has 0 aliphatic heterocycles. The molecule has 2 rings (SSSR count). The highest BCUT2D eigenvalue weighted by molar-refractivity contribution is 9.10. The smallest absolute Gasteiger partial charge is 0.331 e. The van der Waals surface area contributed by atoms with Crippen molar-refractivity contribution in [1.29, 1.82) is 0 Å². The van der Waals surface area contributed by atoms with E-state index < -0.39 is 5.60 Å². The summed E-state index contributed by atoms with van der Waals surface area (Å²) in [6.07, 6.45) is 9.78. The summed E-state index contributed by atoms with van der Waals surface area (Å²) in [5, 5.41) is 2.98. The monoisotopic (exact) mass is 421 g/mol. The minimum absolute atomic E-state index is 0.0645. The summed E-state index contributed by atoms with van der Waals surface area (Å²) in [4.78, 5) is 24.0. The lowest BCUT2D eigenvalue weighted by atomic mass is 9.87. The lowest BCUT2D eigenvalue weighted by Gasteiger charge is -2.21. The molecule has 0 bridgehead atoms. The Morgan fingerprint density at radius 1 is 1.23 bits per heavy atom. The zero-order valence-corrected chi connectivity index (χ0v) is 17.4. The van der Waals surface area contributed by atoms with E-state index in [9.17, 15) is 9.59 Å². The highest BCUT2D eigenvalue weighted by Gasteiger charge is 2.17. The highest BCUT2D eigenvalue weighted by Crippen LogP contribution is 2.28.